The number of carbonyl (C=O) groups excluding carboxylic acids is 1. The second-order valence-electron chi connectivity index (χ2n) is 7.41. The number of halogens is 1. The van der Waals surface area contributed by atoms with E-state index < -0.39 is 0 Å². The van der Waals surface area contributed by atoms with Crippen LogP contribution in [0.4, 0.5) is 5.69 Å². The third kappa shape index (κ3) is 3.76. The van der Waals surface area contributed by atoms with Gasteiger partial charge >= 0.3 is 0 Å². The summed E-state index contributed by atoms with van der Waals surface area (Å²) in [6, 6.07) is 23.8. The Kier molecular flexibility index (Phi) is 5.12. The Morgan fingerprint density at radius 2 is 1.55 bits per heavy atom. The number of carbonyl (C=O) groups is 1. The standard InChI is InChI=1S/C26H22ClNO/c1-16-11-12-17(2)25(18(16)3)28-26(29)24-15-21(19-8-6-9-22(27)14-19)13-20-7-4-5-10-23(20)24/h4-15H,1-3H3,(H,28,29). The van der Waals surface area contributed by atoms with E-state index in [0.29, 0.717) is 10.6 Å². The molecule has 0 saturated heterocycles. The molecule has 0 radical (unpaired) electrons. The van der Waals surface area contributed by atoms with Crippen LogP contribution in [0.3, 0.4) is 0 Å². The molecule has 0 bridgehead atoms. The van der Waals surface area contributed by atoms with Gasteiger partial charge in [0.15, 0.2) is 0 Å². The molecule has 0 aliphatic heterocycles. The lowest BCUT2D eigenvalue weighted by Gasteiger charge is -2.16. The third-order valence-electron chi connectivity index (χ3n) is 5.45. The Morgan fingerprint density at radius 1 is 0.793 bits per heavy atom. The molecule has 0 saturated carbocycles. The van der Waals surface area contributed by atoms with Gasteiger partial charge in [-0.15, -0.1) is 0 Å². The number of hydrogen-bond acceptors (Lipinski definition) is 1. The van der Waals surface area contributed by atoms with E-state index in [1.165, 1.54) is 0 Å². The Hall–Kier alpha value is -3.10. The van der Waals surface area contributed by atoms with Crippen LogP contribution in [0.1, 0.15) is 27.0 Å². The van der Waals surface area contributed by atoms with Gasteiger partial charge in [0.05, 0.1) is 0 Å². The van der Waals surface area contributed by atoms with Crippen LogP contribution in [-0.2, 0) is 0 Å². The monoisotopic (exact) mass is 399 g/mol. The zero-order valence-corrected chi connectivity index (χ0v) is 17.5. The zero-order valence-electron chi connectivity index (χ0n) is 16.7. The number of hydrogen-bond donors (Lipinski definition) is 1. The van der Waals surface area contributed by atoms with Crippen molar-refractivity contribution in [3.8, 4) is 11.1 Å². The predicted molar refractivity (Wildman–Crippen MR) is 123 cm³/mol. The molecule has 0 unspecified atom stereocenters. The number of rotatable bonds is 3. The van der Waals surface area contributed by atoms with Gasteiger partial charge in [0.25, 0.3) is 5.91 Å². The van der Waals surface area contributed by atoms with Crippen LogP contribution in [0.5, 0.6) is 0 Å². The lowest BCUT2D eigenvalue weighted by Crippen LogP contribution is -2.15. The summed E-state index contributed by atoms with van der Waals surface area (Å²) in [7, 11) is 0. The first-order valence-corrected chi connectivity index (χ1v) is 9.99. The van der Waals surface area contributed by atoms with E-state index in [1.54, 1.807) is 0 Å². The summed E-state index contributed by atoms with van der Waals surface area (Å²) in [6.45, 7) is 6.11. The molecule has 2 nitrogen and oxygen atoms in total. The molecule has 4 rings (SSSR count). The smallest absolute Gasteiger partial charge is 0.256 e. The molecule has 0 aromatic heterocycles. The Bertz CT molecular complexity index is 1240. The lowest BCUT2D eigenvalue weighted by molar-refractivity contribution is 0.102. The second-order valence-corrected chi connectivity index (χ2v) is 7.85. The van der Waals surface area contributed by atoms with E-state index in [4.69, 9.17) is 11.6 Å². The maximum Gasteiger partial charge on any atom is 0.256 e. The van der Waals surface area contributed by atoms with Crippen molar-refractivity contribution in [1.82, 2.24) is 0 Å². The summed E-state index contributed by atoms with van der Waals surface area (Å²) in [5.74, 6) is -0.109. The Labute approximate surface area is 176 Å². The van der Waals surface area contributed by atoms with E-state index >= 15 is 0 Å². The topological polar surface area (TPSA) is 29.1 Å². The fourth-order valence-corrected chi connectivity index (χ4v) is 3.85. The highest BCUT2D eigenvalue weighted by molar-refractivity contribution is 6.30. The van der Waals surface area contributed by atoms with Crippen LogP contribution in [0, 0.1) is 20.8 Å². The van der Waals surface area contributed by atoms with E-state index in [9.17, 15) is 4.79 Å². The minimum atomic E-state index is -0.109. The van der Waals surface area contributed by atoms with Crippen molar-refractivity contribution in [2.75, 3.05) is 5.32 Å². The minimum Gasteiger partial charge on any atom is -0.321 e. The molecule has 0 fully saturated rings. The quantitative estimate of drug-likeness (QED) is 0.383. The summed E-state index contributed by atoms with van der Waals surface area (Å²) in [5, 5.41) is 5.78. The van der Waals surface area contributed by atoms with Gasteiger partial charge in [0.2, 0.25) is 0 Å². The number of anilines is 1. The first-order chi connectivity index (χ1) is 13.9. The first kappa shape index (κ1) is 19.2. The zero-order chi connectivity index (χ0) is 20.5. The Balaban J connectivity index is 1.84. The first-order valence-electron chi connectivity index (χ1n) is 9.61. The summed E-state index contributed by atoms with van der Waals surface area (Å²) in [5.41, 5.74) is 6.79. The van der Waals surface area contributed by atoms with Crippen LogP contribution < -0.4 is 5.32 Å². The molecule has 0 aliphatic rings. The fourth-order valence-electron chi connectivity index (χ4n) is 3.66. The molecule has 0 spiro atoms. The number of aryl methyl sites for hydroxylation is 2. The van der Waals surface area contributed by atoms with Gasteiger partial charge in [-0.05, 0) is 83.6 Å². The molecule has 4 aromatic carbocycles. The van der Waals surface area contributed by atoms with Gasteiger partial charge in [-0.1, -0.05) is 60.1 Å². The van der Waals surface area contributed by atoms with Crippen LogP contribution in [0.2, 0.25) is 5.02 Å². The summed E-state index contributed by atoms with van der Waals surface area (Å²) in [4.78, 5) is 13.4. The molecule has 0 aliphatic carbocycles. The molecular formula is C26H22ClNO. The van der Waals surface area contributed by atoms with Crippen molar-refractivity contribution in [2.45, 2.75) is 20.8 Å². The number of benzene rings is 4. The molecule has 0 heterocycles. The number of fused-ring (bicyclic) bond motifs is 1. The van der Waals surface area contributed by atoms with E-state index in [-0.39, 0.29) is 5.91 Å². The van der Waals surface area contributed by atoms with Crippen LogP contribution in [-0.4, -0.2) is 5.91 Å². The lowest BCUT2D eigenvalue weighted by atomic mass is 9.96. The van der Waals surface area contributed by atoms with Gasteiger partial charge < -0.3 is 5.32 Å². The minimum absolute atomic E-state index is 0.109. The van der Waals surface area contributed by atoms with E-state index in [2.05, 4.69) is 24.4 Å². The number of nitrogens with one attached hydrogen (secondary N) is 1. The van der Waals surface area contributed by atoms with Crippen LogP contribution >= 0.6 is 11.6 Å². The molecule has 1 N–H and O–H groups in total. The highest BCUT2D eigenvalue weighted by atomic mass is 35.5. The highest BCUT2D eigenvalue weighted by Crippen LogP contribution is 2.31. The maximum absolute atomic E-state index is 13.4. The SMILES string of the molecule is Cc1ccc(C)c(NC(=O)c2cc(-c3cccc(Cl)c3)cc3ccccc23)c1C. The van der Waals surface area contributed by atoms with Gasteiger partial charge in [-0.2, -0.15) is 0 Å². The normalized spacial score (nSPS) is 10.9. The predicted octanol–water partition coefficient (Wildman–Crippen LogP) is 7.34. The molecular weight excluding hydrogens is 378 g/mol. The van der Waals surface area contributed by atoms with Gasteiger partial charge in [-0.3, -0.25) is 4.79 Å². The van der Waals surface area contributed by atoms with Crippen molar-refractivity contribution < 1.29 is 4.79 Å². The molecule has 4 aromatic rings. The van der Waals surface area contributed by atoms with Crippen molar-refractivity contribution in [1.29, 1.82) is 0 Å². The fraction of sp³-hybridized carbons (Fsp3) is 0.115. The average molecular weight is 400 g/mol. The van der Waals surface area contributed by atoms with Gasteiger partial charge in [0, 0.05) is 16.3 Å². The largest absolute Gasteiger partial charge is 0.321 e. The summed E-state index contributed by atoms with van der Waals surface area (Å²) < 4.78 is 0. The summed E-state index contributed by atoms with van der Waals surface area (Å²) >= 11 is 6.19. The third-order valence-corrected chi connectivity index (χ3v) is 5.68. The van der Waals surface area contributed by atoms with Crippen molar-refractivity contribution in [3.63, 3.8) is 0 Å². The molecule has 144 valence electrons. The van der Waals surface area contributed by atoms with Crippen molar-refractivity contribution in [3.05, 3.63) is 100 Å². The number of amides is 1. The average Bonchev–Trinajstić information content (AvgIpc) is 2.73. The summed E-state index contributed by atoms with van der Waals surface area (Å²) in [6.07, 6.45) is 0. The van der Waals surface area contributed by atoms with Crippen molar-refractivity contribution >= 4 is 34.0 Å². The van der Waals surface area contributed by atoms with Crippen LogP contribution in [0.15, 0.2) is 72.8 Å². The second kappa shape index (κ2) is 7.73. The van der Waals surface area contributed by atoms with Gasteiger partial charge in [-0.25, -0.2) is 0 Å². The van der Waals surface area contributed by atoms with Crippen molar-refractivity contribution in [2.24, 2.45) is 0 Å². The van der Waals surface area contributed by atoms with Crippen LogP contribution in [0.25, 0.3) is 21.9 Å². The molecule has 29 heavy (non-hydrogen) atoms. The molecule has 1 amide bonds. The van der Waals surface area contributed by atoms with E-state index in [0.717, 1.165) is 44.3 Å². The van der Waals surface area contributed by atoms with Gasteiger partial charge in [0.1, 0.15) is 0 Å². The van der Waals surface area contributed by atoms with E-state index in [1.807, 2.05) is 74.5 Å². The molecule has 3 heteroatoms. The Morgan fingerprint density at radius 3 is 2.34 bits per heavy atom. The highest BCUT2D eigenvalue weighted by Gasteiger charge is 2.15. The maximum atomic E-state index is 13.4. The molecule has 0 atom stereocenters.